The van der Waals surface area contributed by atoms with Gasteiger partial charge in [0.05, 0.1) is 6.54 Å². The number of hydrogen-bond acceptors (Lipinski definition) is 3. The van der Waals surface area contributed by atoms with Crippen molar-refractivity contribution in [2.75, 3.05) is 25.0 Å². The van der Waals surface area contributed by atoms with Crippen LogP contribution in [0.4, 0.5) is 14.5 Å². The molecule has 0 radical (unpaired) electrons. The number of amides is 1. The molecule has 1 aliphatic heterocycles. The number of benzene rings is 2. The Balaban J connectivity index is 1.63. The highest BCUT2D eigenvalue weighted by Crippen LogP contribution is 2.31. The molecule has 1 atom stereocenters. The average Bonchev–Trinajstić information content (AvgIpc) is 2.74. The number of guanidine groups is 1. The summed E-state index contributed by atoms with van der Waals surface area (Å²) in [6.07, 6.45) is -2.10. The number of alkyl halides is 2. The summed E-state index contributed by atoms with van der Waals surface area (Å²) in [6.45, 7) is 2.95. The van der Waals surface area contributed by atoms with E-state index in [9.17, 15) is 13.6 Å². The molecule has 6 nitrogen and oxygen atoms in total. The largest absolute Gasteiger partial charge is 0.488 e. The third kappa shape index (κ3) is 6.17. The number of fused-ring (bicyclic) bond motifs is 1. The van der Waals surface area contributed by atoms with Crippen molar-refractivity contribution in [3.63, 3.8) is 0 Å². The van der Waals surface area contributed by atoms with Crippen molar-refractivity contribution in [3.05, 3.63) is 59.7 Å². The van der Waals surface area contributed by atoms with Crippen LogP contribution in [0.2, 0.25) is 0 Å². The molecule has 1 amide bonds. The molecule has 30 heavy (non-hydrogen) atoms. The number of para-hydroxylation sites is 1. The molecule has 1 heterocycles. The van der Waals surface area contributed by atoms with Crippen LogP contribution in [-0.2, 0) is 11.3 Å². The number of aliphatic imine (C=N–C) groups is 1. The lowest BCUT2D eigenvalue weighted by atomic mass is 9.90. The SMILES string of the molecule is CCNC(=NCc1cccc(OCC(F)F)c1)NCC1CC(=O)Nc2ccccc21. The van der Waals surface area contributed by atoms with Gasteiger partial charge in [-0.1, -0.05) is 30.3 Å². The highest BCUT2D eigenvalue weighted by Gasteiger charge is 2.24. The summed E-state index contributed by atoms with van der Waals surface area (Å²) in [5.41, 5.74) is 2.80. The molecule has 1 aliphatic rings. The number of rotatable bonds is 8. The summed E-state index contributed by atoms with van der Waals surface area (Å²) in [4.78, 5) is 16.6. The number of nitrogens with zero attached hydrogens (tertiary/aromatic N) is 1. The normalized spacial score (nSPS) is 16.1. The quantitative estimate of drug-likeness (QED) is 0.455. The fourth-order valence-corrected chi connectivity index (χ4v) is 3.31. The molecular formula is C22H26F2N4O2. The Kier molecular flexibility index (Phi) is 7.59. The zero-order valence-corrected chi connectivity index (χ0v) is 16.8. The van der Waals surface area contributed by atoms with Gasteiger partial charge in [-0.05, 0) is 36.2 Å². The average molecular weight is 416 g/mol. The van der Waals surface area contributed by atoms with Gasteiger partial charge < -0.3 is 20.7 Å². The Morgan fingerprint density at radius 3 is 2.87 bits per heavy atom. The smallest absolute Gasteiger partial charge is 0.272 e. The van der Waals surface area contributed by atoms with E-state index >= 15 is 0 Å². The second kappa shape index (κ2) is 10.6. The topological polar surface area (TPSA) is 74.8 Å². The maximum Gasteiger partial charge on any atom is 0.272 e. The van der Waals surface area contributed by atoms with E-state index in [4.69, 9.17) is 4.74 Å². The number of halogens is 2. The van der Waals surface area contributed by atoms with E-state index in [0.717, 1.165) is 16.8 Å². The molecule has 0 spiro atoms. The summed E-state index contributed by atoms with van der Waals surface area (Å²) in [6, 6.07) is 14.8. The Morgan fingerprint density at radius 2 is 2.07 bits per heavy atom. The van der Waals surface area contributed by atoms with E-state index in [0.29, 0.717) is 37.8 Å². The number of hydrogen-bond donors (Lipinski definition) is 3. The van der Waals surface area contributed by atoms with Crippen molar-refractivity contribution < 1.29 is 18.3 Å². The third-order valence-corrected chi connectivity index (χ3v) is 4.66. The molecule has 2 aromatic carbocycles. The van der Waals surface area contributed by atoms with E-state index in [1.807, 2.05) is 37.3 Å². The highest BCUT2D eigenvalue weighted by atomic mass is 19.3. The van der Waals surface area contributed by atoms with Crippen LogP contribution in [0.3, 0.4) is 0 Å². The van der Waals surface area contributed by atoms with Gasteiger partial charge in [-0.15, -0.1) is 0 Å². The van der Waals surface area contributed by atoms with Crippen LogP contribution >= 0.6 is 0 Å². The molecule has 1 unspecified atom stereocenters. The Bertz CT molecular complexity index is 889. The second-order valence-corrected chi connectivity index (χ2v) is 6.96. The summed E-state index contributed by atoms with van der Waals surface area (Å²) >= 11 is 0. The zero-order valence-electron chi connectivity index (χ0n) is 16.8. The van der Waals surface area contributed by atoms with E-state index in [2.05, 4.69) is 20.9 Å². The molecule has 3 rings (SSSR count). The molecule has 160 valence electrons. The summed E-state index contributed by atoms with van der Waals surface area (Å²) < 4.78 is 29.7. The fraction of sp³-hybridized carbons (Fsp3) is 0.364. The lowest BCUT2D eigenvalue weighted by Crippen LogP contribution is -2.40. The number of nitrogens with one attached hydrogen (secondary N) is 3. The van der Waals surface area contributed by atoms with Crippen LogP contribution in [0.1, 0.15) is 30.4 Å². The predicted octanol–water partition coefficient (Wildman–Crippen LogP) is 3.51. The van der Waals surface area contributed by atoms with Gasteiger partial charge in [0, 0.05) is 31.1 Å². The second-order valence-electron chi connectivity index (χ2n) is 6.96. The van der Waals surface area contributed by atoms with Gasteiger partial charge in [0.15, 0.2) is 5.96 Å². The first-order valence-corrected chi connectivity index (χ1v) is 9.96. The van der Waals surface area contributed by atoms with Crippen LogP contribution in [0.5, 0.6) is 5.75 Å². The molecular weight excluding hydrogens is 390 g/mol. The van der Waals surface area contributed by atoms with Crippen LogP contribution in [0, 0.1) is 0 Å². The van der Waals surface area contributed by atoms with E-state index in [1.54, 1.807) is 18.2 Å². The first-order chi connectivity index (χ1) is 14.5. The molecule has 0 saturated heterocycles. The minimum absolute atomic E-state index is 0.00283. The third-order valence-electron chi connectivity index (χ3n) is 4.66. The Morgan fingerprint density at radius 1 is 1.23 bits per heavy atom. The van der Waals surface area contributed by atoms with E-state index in [1.165, 1.54) is 0 Å². The van der Waals surface area contributed by atoms with Crippen LogP contribution in [-0.4, -0.2) is 38.0 Å². The molecule has 0 fully saturated rings. The monoisotopic (exact) mass is 416 g/mol. The molecule has 3 N–H and O–H groups in total. The van der Waals surface area contributed by atoms with Gasteiger partial charge in [-0.2, -0.15) is 0 Å². The highest BCUT2D eigenvalue weighted by molar-refractivity contribution is 5.94. The van der Waals surface area contributed by atoms with Crippen molar-refractivity contribution in [2.24, 2.45) is 4.99 Å². The molecule has 8 heteroatoms. The van der Waals surface area contributed by atoms with Crippen molar-refractivity contribution in [3.8, 4) is 5.75 Å². The molecule has 0 aliphatic carbocycles. The summed E-state index contributed by atoms with van der Waals surface area (Å²) in [5.74, 6) is 1.07. The van der Waals surface area contributed by atoms with Crippen molar-refractivity contribution in [2.45, 2.75) is 32.2 Å². The van der Waals surface area contributed by atoms with Gasteiger partial charge in [-0.3, -0.25) is 4.79 Å². The summed E-state index contributed by atoms with van der Waals surface area (Å²) in [5, 5.41) is 9.40. The maximum absolute atomic E-state index is 12.3. The van der Waals surface area contributed by atoms with Crippen LogP contribution < -0.4 is 20.7 Å². The number of carbonyl (C=O) groups excluding carboxylic acids is 1. The Labute approximate surface area is 174 Å². The van der Waals surface area contributed by atoms with Gasteiger partial charge in [0.1, 0.15) is 12.4 Å². The number of anilines is 1. The van der Waals surface area contributed by atoms with Crippen LogP contribution in [0.25, 0.3) is 0 Å². The standard InChI is InChI=1S/C22H26F2N4O2/c1-2-25-22(26-12-15-6-5-7-17(10-15)30-14-20(23)24)27-13-16-11-21(29)28-19-9-4-3-8-18(16)19/h3-10,16,20H,2,11-14H2,1H3,(H,28,29)(H2,25,26,27). The van der Waals surface area contributed by atoms with Crippen molar-refractivity contribution in [1.82, 2.24) is 10.6 Å². The Hall–Kier alpha value is -3.16. The molecule has 0 aromatic heterocycles. The van der Waals surface area contributed by atoms with Crippen LogP contribution in [0.15, 0.2) is 53.5 Å². The minimum atomic E-state index is -2.51. The van der Waals surface area contributed by atoms with E-state index < -0.39 is 13.0 Å². The van der Waals surface area contributed by atoms with Gasteiger partial charge in [-0.25, -0.2) is 13.8 Å². The summed E-state index contributed by atoms with van der Waals surface area (Å²) in [7, 11) is 0. The zero-order chi connectivity index (χ0) is 21.3. The maximum atomic E-state index is 12.3. The first-order valence-electron chi connectivity index (χ1n) is 9.96. The fourth-order valence-electron chi connectivity index (χ4n) is 3.31. The van der Waals surface area contributed by atoms with E-state index in [-0.39, 0.29) is 11.8 Å². The van der Waals surface area contributed by atoms with Gasteiger partial charge >= 0.3 is 0 Å². The first kappa shape index (κ1) is 21.5. The number of ether oxygens (including phenoxy) is 1. The molecule has 0 bridgehead atoms. The van der Waals surface area contributed by atoms with Gasteiger partial charge in [0.2, 0.25) is 5.91 Å². The lowest BCUT2D eigenvalue weighted by Gasteiger charge is -2.26. The van der Waals surface area contributed by atoms with Gasteiger partial charge in [0.25, 0.3) is 6.43 Å². The molecule has 0 saturated carbocycles. The number of carbonyl (C=O) groups is 1. The van der Waals surface area contributed by atoms with Crippen molar-refractivity contribution >= 4 is 17.6 Å². The van der Waals surface area contributed by atoms with Crippen molar-refractivity contribution in [1.29, 1.82) is 0 Å². The molecule has 2 aromatic rings. The minimum Gasteiger partial charge on any atom is -0.488 e. The lowest BCUT2D eigenvalue weighted by molar-refractivity contribution is -0.116. The predicted molar refractivity (Wildman–Crippen MR) is 113 cm³/mol.